The second-order valence-corrected chi connectivity index (χ2v) is 6.50. The van der Waals surface area contributed by atoms with Crippen LogP contribution < -0.4 is 5.32 Å². The van der Waals surface area contributed by atoms with Gasteiger partial charge in [0.25, 0.3) is 5.91 Å². The summed E-state index contributed by atoms with van der Waals surface area (Å²) >= 11 is 0. The van der Waals surface area contributed by atoms with E-state index in [-0.39, 0.29) is 12.0 Å². The Bertz CT molecular complexity index is 911. The van der Waals surface area contributed by atoms with Gasteiger partial charge in [0.15, 0.2) is 5.82 Å². The maximum atomic E-state index is 12.7. The van der Waals surface area contributed by atoms with Gasteiger partial charge in [-0.3, -0.25) is 9.48 Å². The van der Waals surface area contributed by atoms with Crippen LogP contribution in [0.5, 0.6) is 0 Å². The number of carbonyl (C=O) groups excluding carboxylic acids is 1. The van der Waals surface area contributed by atoms with Gasteiger partial charge in [0.2, 0.25) is 0 Å². The lowest BCUT2D eigenvalue weighted by molar-refractivity contribution is 0.0940. The number of hydrogen-bond acceptors (Lipinski definition) is 5. The molecule has 1 aliphatic rings. The molecule has 1 N–H and O–H groups in total. The Morgan fingerprint density at radius 2 is 2.26 bits per heavy atom. The van der Waals surface area contributed by atoms with Gasteiger partial charge in [0, 0.05) is 19.0 Å². The third-order valence-electron chi connectivity index (χ3n) is 4.62. The summed E-state index contributed by atoms with van der Waals surface area (Å²) in [7, 11) is 0. The van der Waals surface area contributed by atoms with Gasteiger partial charge in [-0.2, -0.15) is 10.2 Å². The summed E-state index contributed by atoms with van der Waals surface area (Å²) in [5.74, 6) is 0.489. The van der Waals surface area contributed by atoms with Gasteiger partial charge < -0.3 is 10.1 Å². The van der Waals surface area contributed by atoms with E-state index in [1.165, 1.54) is 0 Å². The van der Waals surface area contributed by atoms with Crippen molar-refractivity contribution in [2.24, 2.45) is 0 Å². The Balaban J connectivity index is 1.48. The lowest BCUT2D eigenvalue weighted by Crippen LogP contribution is -2.16. The van der Waals surface area contributed by atoms with Gasteiger partial charge in [-0.1, -0.05) is 13.0 Å². The van der Waals surface area contributed by atoms with Gasteiger partial charge in [0.05, 0.1) is 42.0 Å². The highest BCUT2D eigenvalue weighted by molar-refractivity contribution is 6.04. The van der Waals surface area contributed by atoms with E-state index in [4.69, 9.17) is 4.74 Å². The van der Waals surface area contributed by atoms with Crippen LogP contribution in [-0.4, -0.2) is 43.2 Å². The van der Waals surface area contributed by atoms with Crippen molar-refractivity contribution in [3.8, 4) is 5.82 Å². The Labute approximate surface area is 157 Å². The molecule has 3 aromatic rings. The molecule has 0 aromatic carbocycles. The Hall–Kier alpha value is -3.00. The molecule has 4 heterocycles. The largest absolute Gasteiger partial charge is 0.376 e. The number of aromatic nitrogens is 5. The first kappa shape index (κ1) is 17.4. The summed E-state index contributed by atoms with van der Waals surface area (Å²) in [5.41, 5.74) is 2.01. The molecule has 0 bridgehead atoms. The van der Waals surface area contributed by atoms with E-state index in [1.54, 1.807) is 23.3 Å². The monoisotopic (exact) mass is 366 g/mol. The number of hydrogen-bond donors (Lipinski definition) is 1. The molecular formula is C19H22N6O2. The van der Waals surface area contributed by atoms with Gasteiger partial charge in [-0.05, 0) is 31.4 Å². The highest BCUT2D eigenvalue weighted by Gasteiger charge is 2.19. The molecule has 27 heavy (non-hydrogen) atoms. The van der Waals surface area contributed by atoms with Crippen molar-refractivity contribution in [1.29, 1.82) is 0 Å². The molecule has 4 rings (SSSR count). The highest BCUT2D eigenvalue weighted by atomic mass is 16.5. The minimum absolute atomic E-state index is 0.203. The van der Waals surface area contributed by atoms with Crippen molar-refractivity contribution in [2.45, 2.75) is 38.8 Å². The number of nitrogens with zero attached hydrogens (tertiary/aromatic N) is 5. The quantitative estimate of drug-likeness (QED) is 0.724. The normalized spacial score (nSPS) is 16.6. The molecule has 3 aromatic heterocycles. The molecule has 1 atom stereocenters. The van der Waals surface area contributed by atoms with Crippen LogP contribution in [-0.2, 0) is 17.7 Å². The number of rotatable bonds is 6. The zero-order chi connectivity index (χ0) is 18.6. The first-order valence-corrected chi connectivity index (χ1v) is 9.18. The fraction of sp³-hybridized carbons (Fsp3) is 0.368. The lowest BCUT2D eigenvalue weighted by Gasteiger charge is -2.08. The van der Waals surface area contributed by atoms with Crippen molar-refractivity contribution in [3.05, 3.63) is 54.2 Å². The third kappa shape index (κ3) is 3.75. The predicted octanol–water partition coefficient (Wildman–Crippen LogP) is 2.46. The van der Waals surface area contributed by atoms with Crippen LogP contribution >= 0.6 is 0 Å². The van der Waals surface area contributed by atoms with Crippen LogP contribution in [0, 0.1) is 0 Å². The van der Waals surface area contributed by atoms with Crippen molar-refractivity contribution in [3.63, 3.8) is 0 Å². The molecule has 0 saturated carbocycles. The van der Waals surface area contributed by atoms with E-state index in [9.17, 15) is 4.79 Å². The molecule has 1 amide bonds. The zero-order valence-electron chi connectivity index (χ0n) is 15.2. The summed E-state index contributed by atoms with van der Waals surface area (Å²) in [6, 6.07) is 5.61. The Morgan fingerprint density at radius 3 is 3.00 bits per heavy atom. The second-order valence-electron chi connectivity index (χ2n) is 6.50. The molecule has 0 radical (unpaired) electrons. The minimum Gasteiger partial charge on any atom is -0.376 e. The summed E-state index contributed by atoms with van der Waals surface area (Å²) in [6.45, 7) is 3.51. The average Bonchev–Trinajstić information content (AvgIpc) is 3.43. The molecule has 140 valence electrons. The van der Waals surface area contributed by atoms with Gasteiger partial charge in [0.1, 0.15) is 0 Å². The molecule has 1 aliphatic heterocycles. The van der Waals surface area contributed by atoms with Crippen LogP contribution in [0.4, 0.5) is 5.69 Å². The number of ether oxygens (including phenoxy) is 1. The van der Waals surface area contributed by atoms with Crippen molar-refractivity contribution in [1.82, 2.24) is 24.5 Å². The van der Waals surface area contributed by atoms with Crippen LogP contribution in [0.25, 0.3) is 5.82 Å². The van der Waals surface area contributed by atoms with Crippen LogP contribution in [0.2, 0.25) is 0 Å². The fourth-order valence-electron chi connectivity index (χ4n) is 3.30. The smallest absolute Gasteiger partial charge is 0.259 e. The SMILES string of the molecule is CCc1c(C(=O)Nc2cnn(CC3CCCO3)c2)cnn1-c1ccccn1. The molecule has 8 nitrogen and oxygen atoms in total. The van der Waals surface area contributed by atoms with E-state index >= 15 is 0 Å². The molecule has 0 spiro atoms. The average molecular weight is 366 g/mol. The topological polar surface area (TPSA) is 86.9 Å². The first-order chi connectivity index (χ1) is 13.2. The number of pyridine rings is 1. The fourth-order valence-corrected chi connectivity index (χ4v) is 3.30. The third-order valence-corrected chi connectivity index (χ3v) is 4.62. The predicted molar refractivity (Wildman–Crippen MR) is 99.9 cm³/mol. The van der Waals surface area contributed by atoms with E-state index in [2.05, 4.69) is 20.5 Å². The summed E-state index contributed by atoms with van der Waals surface area (Å²) < 4.78 is 9.14. The Kier molecular flexibility index (Phi) is 4.97. The zero-order valence-corrected chi connectivity index (χ0v) is 15.2. The minimum atomic E-state index is -0.203. The number of amides is 1. The van der Waals surface area contributed by atoms with Gasteiger partial charge in [-0.15, -0.1) is 0 Å². The lowest BCUT2D eigenvalue weighted by atomic mass is 10.2. The number of anilines is 1. The van der Waals surface area contributed by atoms with Crippen LogP contribution in [0.15, 0.2) is 43.0 Å². The van der Waals surface area contributed by atoms with E-state index in [0.29, 0.717) is 30.0 Å². The number of carbonyl (C=O) groups is 1. The van der Waals surface area contributed by atoms with Crippen molar-refractivity contribution < 1.29 is 9.53 Å². The molecule has 8 heteroatoms. The van der Waals surface area contributed by atoms with Crippen LogP contribution in [0.3, 0.4) is 0 Å². The summed E-state index contributed by atoms with van der Waals surface area (Å²) in [5, 5.41) is 11.6. The van der Waals surface area contributed by atoms with Gasteiger partial charge in [-0.25, -0.2) is 9.67 Å². The van der Waals surface area contributed by atoms with E-state index < -0.39 is 0 Å². The summed E-state index contributed by atoms with van der Waals surface area (Å²) in [6.07, 6.45) is 9.78. The van der Waals surface area contributed by atoms with Crippen molar-refractivity contribution >= 4 is 11.6 Å². The maximum Gasteiger partial charge on any atom is 0.259 e. The molecule has 1 fully saturated rings. The molecular weight excluding hydrogens is 344 g/mol. The van der Waals surface area contributed by atoms with E-state index in [1.807, 2.05) is 36.0 Å². The van der Waals surface area contributed by atoms with Crippen molar-refractivity contribution in [2.75, 3.05) is 11.9 Å². The first-order valence-electron chi connectivity index (χ1n) is 9.18. The van der Waals surface area contributed by atoms with Crippen LogP contribution in [0.1, 0.15) is 35.8 Å². The maximum absolute atomic E-state index is 12.7. The van der Waals surface area contributed by atoms with E-state index in [0.717, 1.165) is 25.1 Å². The Morgan fingerprint density at radius 1 is 1.33 bits per heavy atom. The summed E-state index contributed by atoms with van der Waals surface area (Å²) in [4.78, 5) is 17.1. The number of nitrogens with one attached hydrogen (secondary N) is 1. The second kappa shape index (κ2) is 7.71. The highest BCUT2D eigenvalue weighted by Crippen LogP contribution is 2.18. The molecule has 0 aliphatic carbocycles. The standard InChI is InChI=1S/C19H22N6O2/c1-2-17-16(11-22-25(17)18-7-3-4-8-20-18)19(26)23-14-10-21-24(12-14)13-15-6-5-9-27-15/h3-4,7-8,10-12,15H,2,5-6,9,13H2,1H3,(H,23,26). The molecule has 1 unspecified atom stereocenters. The molecule has 1 saturated heterocycles. The van der Waals surface area contributed by atoms with Gasteiger partial charge >= 0.3 is 0 Å².